The van der Waals surface area contributed by atoms with Gasteiger partial charge in [-0.1, -0.05) is 0 Å². The smallest absolute Gasteiger partial charge is 0.141 e. The average Bonchev–Trinajstić information content (AvgIpc) is 2.42. The Balaban J connectivity index is 2.34. The summed E-state index contributed by atoms with van der Waals surface area (Å²) in [6.45, 7) is 1.33. The summed E-state index contributed by atoms with van der Waals surface area (Å²) in [6.07, 6.45) is -0.688. The number of aliphatic hydroxyl groups is 1. The molecule has 0 bridgehead atoms. The molecule has 104 valence electrons. The summed E-state index contributed by atoms with van der Waals surface area (Å²) < 4.78 is 23.0. The summed E-state index contributed by atoms with van der Waals surface area (Å²) in [7, 11) is 1.57. The highest BCUT2D eigenvalue weighted by molar-refractivity contribution is 5.49. The van der Waals surface area contributed by atoms with Crippen molar-refractivity contribution < 1.29 is 19.0 Å². The number of nitrogens with zero attached hydrogens (tertiary/aromatic N) is 1. The fourth-order valence-electron chi connectivity index (χ4n) is 1.38. The van der Waals surface area contributed by atoms with Crippen molar-refractivity contribution in [3.8, 4) is 6.07 Å². The fraction of sp³-hybridized carbons (Fsp3) is 0.462. The van der Waals surface area contributed by atoms with E-state index in [-0.39, 0.29) is 18.7 Å². The molecule has 1 unspecified atom stereocenters. The van der Waals surface area contributed by atoms with Gasteiger partial charge in [0, 0.05) is 19.3 Å². The monoisotopic (exact) mass is 268 g/mol. The second-order valence-electron chi connectivity index (χ2n) is 3.91. The van der Waals surface area contributed by atoms with Crippen LogP contribution in [0.15, 0.2) is 18.2 Å². The van der Waals surface area contributed by atoms with E-state index in [0.29, 0.717) is 18.9 Å². The minimum Gasteiger partial charge on any atom is -0.389 e. The minimum atomic E-state index is -0.688. The van der Waals surface area contributed by atoms with Crippen LogP contribution in [0.1, 0.15) is 5.56 Å². The Hall–Kier alpha value is -1.68. The predicted octanol–water partition coefficient (Wildman–Crippen LogP) is 1.13. The lowest BCUT2D eigenvalue weighted by molar-refractivity contribution is 0.0182. The van der Waals surface area contributed by atoms with Gasteiger partial charge < -0.3 is 19.9 Å². The number of hydrogen-bond donors (Lipinski definition) is 2. The Morgan fingerprint density at radius 3 is 2.95 bits per heavy atom. The molecule has 6 heteroatoms. The van der Waals surface area contributed by atoms with Gasteiger partial charge in [0.05, 0.1) is 31.5 Å². The Labute approximate surface area is 111 Å². The predicted molar refractivity (Wildman–Crippen MR) is 68.3 cm³/mol. The van der Waals surface area contributed by atoms with Crippen molar-refractivity contribution in [2.24, 2.45) is 0 Å². The normalized spacial score (nSPS) is 11.9. The zero-order valence-corrected chi connectivity index (χ0v) is 10.7. The third-order valence-corrected chi connectivity index (χ3v) is 2.37. The van der Waals surface area contributed by atoms with Crippen LogP contribution >= 0.6 is 0 Å². The number of aliphatic hydroxyl groups excluding tert-OH is 1. The first-order chi connectivity index (χ1) is 9.17. The highest BCUT2D eigenvalue weighted by atomic mass is 19.1. The van der Waals surface area contributed by atoms with Crippen LogP contribution in [0.2, 0.25) is 0 Å². The quantitative estimate of drug-likeness (QED) is 0.691. The van der Waals surface area contributed by atoms with Crippen molar-refractivity contribution in [2.45, 2.75) is 6.10 Å². The highest BCUT2D eigenvalue weighted by Crippen LogP contribution is 2.13. The molecule has 0 aliphatic heterocycles. The van der Waals surface area contributed by atoms with Gasteiger partial charge in [-0.25, -0.2) is 4.39 Å². The van der Waals surface area contributed by atoms with Gasteiger partial charge in [-0.3, -0.25) is 0 Å². The van der Waals surface area contributed by atoms with Gasteiger partial charge >= 0.3 is 0 Å². The molecule has 0 radical (unpaired) electrons. The van der Waals surface area contributed by atoms with Crippen molar-refractivity contribution in [1.29, 1.82) is 5.26 Å². The number of ether oxygens (including phenoxy) is 2. The molecule has 0 heterocycles. The summed E-state index contributed by atoms with van der Waals surface area (Å²) in [5.74, 6) is -0.559. The number of anilines is 1. The molecular weight excluding hydrogens is 251 g/mol. The molecule has 0 saturated carbocycles. The Kier molecular flexibility index (Phi) is 6.82. The van der Waals surface area contributed by atoms with Gasteiger partial charge in [0.1, 0.15) is 11.9 Å². The molecule has 1 aromatic carbocycles. The van der Waals surface area contributed by atoms with Crippen LogP contribution in [0.4, 0.5) is 10.1 Å². The fourth-order valence-corrected chi connectivity index (χ4v) is 1.38. The zero-order valence-electron chi connectivity index (χ0n) is 10.7. The number of halogens is 1. The summed E-state index contributed by atoms with van der Waals surface area (Å²) in [5, 5.41) is 21.2. The van der Waals surface area contributed by atoms with E-state index in [1.165, 1.54) is 18.2 Å². The molecule has 1 aromatic rings. The van der Waals surface area contributed by atoms with Crippen molar-refractivity contribution in [2.75, 3.05) is 38.8 Å². The van der Waals surface area contributed by atoms with E-state index in [1.807, 2.05) is 0 Å². The van der Waals surface area contributed by atoms with Gasteiger partial charge in [0.15, 0.2) is 0 Å². The number of nitriles is 1. The number of methoxy groups -OCH3 is 1. The second-order valence-corrected chi connectivity index (χ2v) is 3.91. The van der Waals surface area contributed by atoms with E-state index in [4.69, 9.17) is 14.7 Å². The van der Waals surface area contributed by atoms with Gasteiger partial charge in [0.2, 0.25) is 0 Å². The molecule has 0 saturated heterocycles. The maximum atomic E-state index is 13.1. The molecular formula is C13H17FN2O3. The van der Waals surface area contributed by atoms with Crippen molar-refractivity contribution in [3.63, 3.8) is 0 Å². The largest absolute Gasteiger partial charge is 0.389 e. The van der Waals surface area contributed by atoms with Crippen LogP contribution in [0.5, 0.6) is 0 Å². The maximum absolute atomic E-state index is 13.1. The first kappa shape index (κ1) is 15.4. The van der Waals surface area contributed by atoms with E-state index in [2.05, 4.69) is 5.32 Å². The highest BCUT2D eigenvalue weighted by Gasteiger charge is 2.06. The molecule has 0 aromatic heterocycles. The topological polar surface area (TPSA) is 74.5 Å². The first-order valence-electron chi connectivity index (χ1n) is 5.85. The van der Waals surface area contributed by atoms with E-state index >= 15 is 0 Å². The van der Waals surface area contributed by atoms with Crippen LogP contribution in [0, 0.1) is 17.1 Å². The first-order valence-corrected chi connectivity index (χ1v) is 5.85. The van der Waals surface area contributed by atoms with Gasteiger partial charge in [0.25, 0.3) is 0 Å². The lowest BCUT2D eigenvalue weighted by atomic mass is 10.2. The van der Waals surface area contributed by atoms with Gasteiger partial charge in [-0.15, -0.1) is 0 Å². The van der Waals surface area contributed by atoms with Crippen LogP contribution in [-0.4, -0.2) is 44.7 Å². The number of rotatable bonds is 8. The molecule has 1 atom stereocenters. The maximum Gasteiger partial charge on any atom is 0.141 e. The summed E-state index contributed by atoms with van der Waals surface area (Å²) in [4.78, 5) is 0. The number of benzene rings is 1. The summed E-state index contributed by atoms with van der Waals surface area (Å²) in [5.41, 5.74) is 0.546. The van der Waals surface area contributed by atoms with E-state index in [1.54, 1.807) is 13.2 Å². The Morgan fingerprint density at radius 1 is 1.47 bits per heavy atom. The van der Waals surface area contributed by atoms with Crippen molar-refractivity contribution >= 4 is 5.69 Å². The molecule has 0 aliphatic rings. The molecule has 1 rings (SSSR count). The van der Waals surface area contributed by atoms with Gasteiger partial charge in [-0.2, -0.15) is 5.26 Å². The van der Waals surface area contributed by atoms with Crippen LogP contribution in [0.3, 0.4) is 0 Å². The summed E-state index contributed by atoms with van der Waals surface area (Å²) >= 11 is 0. The Morgan fingerprint density at radius 2 is 2.26 bits per heavy atom. The summed E-state index contributed by atoms with van der Waals surface area (Å²) in [6, 6.07) is 5.87. The average molecular weight is 268 g/mol. The van der Waals surface area contributed by atoms with E-state index < -0.39 is 11.9 Å². The minimum absolute atomic E-state index is 0.0316. The second kappa shape index (κ2) is 8.43. The van der Waals surface area contributed by atoms with Crippen LogP contribution < -0.4 is 5.32 Å². The molecule has 5 nitrogen and oxygen atoms in total. The molecule has 0 fully saturated rings. The Bertz CT molecular complexity index is 434. The molecule has 0 amide bonds. The zero-order chi connectivity index (χ0) is 14.1. The molecule has 2 N–H and O–H groups in total. The molecule has 0 spiro atoms. The van der Waals surface area contributed by atoms with Crippen LogP contribution in [-0.2, 0) is 9.47 Å². The van der Waals surface area contributed by atoms with E-state index in [0.717, 1.165) is 0 Å². The number of nitrogens with one attached hydrogen (secondary N) is 1. The standard InChI is InChI=1S/C13H17FN2O3/c1-18-4-5-19-9-12(17)8-16-11-2-3-13(14)10(6-11)7-15/h2-3,6,12,16-17H,4-5,8-9H2,1H3. The lowest BCUT2D eigenvalue weighted by Gasteiger charge is -2.13. The van der Waals surface area contributed by atoms with Crippen molar-refractivity contribution in [1.82, 2.24) is 0 Å². The molecule has 0 aliphatic carbocycles. The van der Waals surface area contributed by atoms with E-state index in [9.17, 15) is 9.50 Å². The lowest BCUT2D eigenvalue weighted by Crippen LogP contribution is -2.25. The third kappa shape index (κ3) is 5.66. The van der Waals surface area contributed by atoms with Gasteiger partial charge in [-0.05, 0) is 18.2 Å². The third-order valence-electron chi connectivity index (χ3n) is 2.37. The van der Waals surface area contributed by atoms with Crippen molar-refractivity contribution in [3.05, 3.63) is 29.6 Å². The van der Waals surface area contributed by atoms with Crippen LogP contribution in [0.25, 0.3) is 0 Å². The number of hydrogen-bond acceptors (Lipinski definition) is 5. The SMILES string of the molecule is COCCOCC(O)CNc1ccc(F)c(C#N)c1. The molecule has 19 heavy (non-hydrogen) atoms.